The van der Waals surface area contributed by atoms with Crippen molar-refractivity contribution in [2.45, 2.75) is 43.1 Å². The summed E-state index contributed by atoms with van der Waals surface area (Å²) in [6.45, 7) is 7.29. The summed E-state index contributed by atoms with van der Waals surface area (Å²) < 4.78 is 28.5. The van der Waals surface area contributed by atoms with E-state index in [9.17, 15) is 8.42 Å². The van der Waals surface area contributed by atoms with Crippen molar-refractivity contribution < 1.29 is 8.42 Å². The van der Waals surface area contributed by atoms with Crippen LogP contribution in [-0.4, -0.2) is 28.3 Å². The summed E-state index contributed by atoms with van der Waals surface area (Å²) in [6.07, 6.45) is 1.51. The molecule has 0 amide bonds. The molecule has 0 aromatic carbocycles. The molecular weight excluding hydrogens is 306 g/mol. The van der Waals surface area contributed by atoms with Crippen LogP contribution in [0.25, 0.3) is 0 Å². The van der Waals surface area contributed by atoms with Gasteiger partial charge in [-0.1, -0.05) is 22.9 Å². The van der Waals surface area contributed by atoms with Crippen molar-refractivity contribution in [2.75, 3.05) is 0 Å². The fourth-order valence-corrected chi connectivity index (χ4v) is 2.92. The molecule has 0 spiro atoms. The molecule has 0 saturated carbocycles. The van der Waals surface area contributed by atoms with Gasteiger partial charge in [0.05, 0.1) is 0 Å². The first-order valence-electron chi connectivity index (χ1n) is 5.24. The van der Waals surface area contributed by atoms with Crippen molar-refractivity contribution in [1.82, 2.24) is 14.3 Å². The molecule has 1 atom stereocenters. The summed E-state index contributed by atoms with van der Waals surface area (Å²) in [5.41, 5.74) is -0.579. The average Bonchev–Trinajstić information content (AvgIpc) is 2.45. The van der Waals surface area contributed by atoms with E-state index in [4.69, 9.17) is 0 Å². The molecule has 1 rings (SSSR count). The van der Waals surface area contributed by atoms with Gasteiger partial charge < -0.3 is 4.57 Å². The van der Waals surface area contributed by atoms with Gasteiger partial charge in [0.25, 0.3) is 10.0 Å². The third-order valence-electron chi connectivity index (χ3n) is 2.75. The highest BCUT2D eigenvalue weighted by Crippen LogP contribution is 2.20. The number of hydrogen-bond acceptors (Lipinski definition) is 3. The lowest BCUT2D eigenvalue weighted by atomic mass is 10.0. The van der Waals surface area contributed by atoms with Crippen molar-refractivity contribution in [3.05, 3.63) is 12.0 Å². The molecule has 1 N–H and O–H groups in total. The number of hydrogen-bond donors (Lipinski definition) is 1. The number of nitrogens with zero attached hydrogens (tertiary/aromatic N) is 2. The van der Waals surface area contributed by atoms with Crippen molar-refractivity contribution in [2.24, 2.45) is 7.05 Å². The van der Waals surface area contributed by atoms with E-state index in [-0.39, 0.29) is 9.85 Å². The van der Waals surface area contributed by atoms with Gasteiger partial charge in [-0.15, -0.1) is 0 Å². The molecule has 1 heterocycles. The predicted molar refractivity (Wildman–Crippen MR) is 70.7 cm³/mol. The molecule has 0 bridgehead atoms. The van der Waals surface area contributed by atoms with Crippen LogP contribution in [0.3, 0.4) is 0 Å². The zero-order valence-corrected chi connectivity index (χ0v) is 13.1. The van der Waals surface area contributed by atoms with Crippen LogP contribution in [0.15, 0.2) is 11.2 Å². The molecule has 0 aliphatic rings. The molecular formula is C10H18BrN3O2S. The van der Waals surface area contributed by atoms with E-state index < -0.39 is 15.6 Å². The molecule has 0 radical (unpaired) electrons. The lowest BCUT2D eigenvalue weighted by Gasteiger charge is -2.28. The third kappa shape index (κ3) is 3.29. The zero-order valence-electron chi connectivity index (χ0n) is 10.7. The Morgan fingerprint density at radius 2 is 2.06 bits per heavy atom. The Morgan fingerprint density at radius 1 is 1.53 bits per heavy atom. The number of rotatable bonds is 4. The molecule has 0 aliphatic heterocycles. The van der Waals surface area contributed by atoms with Gasteiger partial charge in [-0.25, -0.2) is 18.1 Å². The van der Waals surface area contributed by atoms with Crippen LogP contribution in [-0.2, 0) is 17.1 Å². The van der Waals surface area contributed by atoms with Gasteiger partial charge in [0.2, 0.25) is 0 Å². The Bertz CT molecular complexity index is 486. The summed E-state index contributed by atoms with van der Waals surface area (Å²) >= 11 is 3.39. The smallest absolute Gasteiger partial charge is 0.260 e. The summed E-state index contributed by atoms with van der Waals surface area (Å²) in [4.78, 5) is 4.03. The minimum atomic E-state index is -3.58. The van der Waals surface area contributed by atoms with Gasteiger partial charge in [0, 0.05) is 23.6 Å². The predicted octanol–water partition coefficient (Wildman–Crippen LogP) is 1.57. The average molecular weight is 324 g/mol. The number of imidazole rings is 1. The topological polar surface area (TPSA) is 64.0 Å². The van der Waals surface area contributed by atoms with E-state index in [1.54, 1.807) is 18.5 Å². The van der Waals surface area contributed by atoms with Crippen molar-refractivity contribution >= 4 is 26.0 Å². The normalized spacial score (nSPS) is 14.9. The summed E-state index contributed by atoms with van der Waals surface area (Å²) in [7, 11) is -1.81. The molecule has 1 unspecified atom stereocenters. The second-order valence-electron chi connectivity index (χ2n) is 4.68. The monoisotopic (exact) mass is 323 g/mol. The SMILES string of the molecule is Cc1nc(S(=O)(=O)NC(C)(C)C(C)Br)cn1C. The zero-order chi connectivity index (χ0) is 13.4. The minimum absolute atomic E-state index is 0.00887. The van der Waals surface area contributed by atoms with Gasteiger partial charge in [0.15, 0.2) is 5.03 Å². The first-order valence-corrected chi connectivity index (χ1v) is 7.64. The van der Waals surface area contributed by atoms with Crippen molar-refractivity contribution in [3.8, 4) is 0 Å². The molecule has 98 valence electrons. The Labute approximate surface area is 111 Å². The highest BCUT2D eigenvalue weighted by Gasteiger charge is 2.31. The summed E-state index contributed by atoms with van der Waals surface area (Å²) in [6, 6.07) is 0. The van der Waals surface area contributed by atoms with E-state index >= 15 is 0 Å². The number of alkyl halides is 1. The third-order valence-corrected chi connectivity index (χ3v) is 5.44. The number of sulfonamides is 1. The highest BCUT2D eigenvalue weighted by molar-refractivity contribution is 9.09. The quantitative estimate of drug-likeness (QED) is 0.855. The molecule has 1 aromatic heterocycles. The van der Waals surface area contributed by atoms with Crippen molar-refractivity contribution in [3.63, 3.8) is 0 Å². The minimum Gasteiger partial charge on any atom is -0.337 e. The van der Waals surface area contributed by atoms with Gasteiger partial charge in [-0.3, -0.25) is 0 Å². The van der Waals surface area contributed by atoms with Crippen LogP contribution in [0.5, 0.6) is 0 Å². The van der Waals surface area contributed by atoms with E-state index in [0.29, 0.717) is 5.82 Å². The maximum Gasteiger partial charge on any atom is 0.260 e. The Balaban J connectivity index is 3.05. The van der Waals surface area contributed by atoms with Crippen LogP contribution in [0, 0.1) is 6.92 Å². The number of nitrogens with one attached hydrogen (secondary N) is 1. The van der Waals surface area contributed by atoms with E-state index in [1.807, 2.05) is 20.8 Å². The van der Waals surface area contributed by atoms with E-state index in [2.05, 4.69) is 25.6 Å². The van der Waals surface area contributed by atoms with Crippen LogP contribution >= 0.6 is 15.9 Å². The van der Waals surface area contributed by atoms with Gasteiger partial charge in [-0.2, -0.15) is 0 Å². The largest absolute Gasteiger partial charge is 0.337 e. The van der Waals surface area contributed by atoms with Gasteiger partial charge in [-0.05, 0) is 20.8 Å². The van der Waals surface area contributed by atoms with Crippen LogP contribution in [0.4, 0.5) is 0 Å². The van der Waals surface area contributed by atoms with Gasteiger partial charge in [0.1, 0.15) is 5.82 Å². The first-order chi connectivity index (χ1) is 7.56. The maximum absolute atomic E-state index is 12.1. The Morgan fingerprint density at radius 3 is 2.41 bits per heavy atom. The lowest BCUT2D eigenvalue weighted by Crippen LogP contribution is -2.48. The summed E-state index contributed by atoms with van der Waals surface area (Å²) in [5, 5.41) is 0.0544. The summed E-state index contributed by atoms with van der Waals surface area (Å²) in [5.74, 6) is 0.662. The van der Waals surface area contributed by atoms with Crippen LogP contribution in [0.1, 0.15) is 26.6 Å². The standard InChI is InChI=1S/C10H18BrN3O2S/c1-7(11)10(3,4)13-17(15,16)9-6-14(5)8(2)12-9/h6-7,13H,1-5H3. The van der Waals surface area contributed by atoms with Crippen LogP contribution in [0.2, 0.25) is 0 Å². The van der Waals surface area contributed by atoms with Crippen molar-refractivity contribution in [1.29, 1.82) is 0 Å². The number of halogens is 1. The second-order valence-corrected chi connectivity index (χ2v) is 7.68. The first kappa shape index (κ1) is 14.7. The van der Waals surface area contributed by atoms with Gasteiger partial charge >= 0.3 is 0 Å². The molecule has 7 heteroatoms. The highest BCUT2D eigenvalue weighted by atomic mass is 79.9. The van der Waals surface area contributed by atoms with Crippen LogP contribution < -0.4 is 4.72 Å². The Kier molecular flexibility index (Phi) is 4.05. The maximum atomic E-state index is 12.1. The molecule has 0 saturated heterocycles. The molecule has 1 aromatic rings. The second kappa shape index (κ2) is 4.70. The lowest BCUT2D eigenvalue weighted by molar-refractivity contribution is 0.452. The Hall–Kier alpha value is -0.400. The number of aromatic nitrogens is 2. The molecule has 17 heavy (non-hydrogen) atoms. The molecule has 0 fully saturated rings. The van der Waals surface area contributed by atoms with E-state index in [0.717, 1.165) is 0 Å². The fraction of sp³-hybridized carbons (Fsp3) is 0.700. The molecule has 0 aliphatic carbocycles. The molecule has 5 nitrogen and oxygen atoms in total. The van der Waals surface area contributed by atoms with E-state index in [1.165, 1.54) is 6.20 Å². The fourth-order valence-electron chi connectivity index (χ4n) is 1.14. The number of aryl methyl sites for hydroxylation is 2.